The minimum atomic E-state index is 0.340. The lowest BCUT2D eigenvalue weighted by Crippen LogP contribution is -2.34. The van der Waals surface area contributed by atoms with Crippen molar-refractivity contribution in [3.8, 4) is 0 Å². The van der Waals surface area contributed by atoms with Gasteiger partial charge in [0.05, 0.1) is 0 Å². The van der Waals surface area contributed by atoms with Crippen molar-refractivity contribution in [3.63, 3.8) is 0 Å². The van der Waals surface area contributed by atoms with Gasteiger partial charge in [0.25, 0.3) is 0 Å². The van der Waals surface area contributed by atoms with Gasteiger partial charge in [0, 0.05) is 6.42 Å². The molecule has 0 aliphatic heterocycles. The van der Waals surface area contributed by atoms with Crippen LogP contribution in [0, 0.1) is 11.3 Å². The molecule has 1 rings (SSSR count). The fourth-order valence-electron chi connectivity index (χ4n) is 1.84. The Labute approximate surface area is 69.2 Å². The molecule has 0 aromatic rings. The van der Waals surface area contributed by atoms with E-state index in [0.717, 1.165) is 18.8 Å². The van der Waals surface area contributed by atoms with E-state index in [-0.39, 0.29) is 0 Å². The molecule has 1 unspecified atom stereocenters. The van der Waals surface area contributed by atoms with Gasteiger partial charge in [-0.1, -0.05) is 13.8 Å². The standard InChI is InChI=1S/C10H18O/c1-8(11)4-5-9-6-7-10(9,2)3/h9H,4-7H2,1-3H3. The summed E-state index contributed by atoms with van der Waals surface area (Å²) in [5, 5.41) is 0. The predicted molar refractivity (Wildman–Crippen MR) is 46.4 cm³/mol. The van der Waals surface area contributed by atoms with Gasteiger partial charge in [0.2, 0.25) is 0 Å². The number of rotatable bonds is 3. The molecule has 1 fully saturated rings. The van der Waals surface area contributed by atoms with Gasteiger partial charge in [-0.15, -0.1) is 0 Å². The van der Waals surface area contributed by atoms with Gasteiger partial charge in [0.15, 0.2) is 0 Å². The van der Waals surface area contributed by atoms with Crippen molar-refractivity contribution in [3.05, 3.63) is 0 Å². The summed E-state index contributed by atoms with van der Waals surface area (Å²) in [4.78, 5) is 10.7. The van der Waals surface area contributed by atoms with Crippen LogP contribution in [0.5, 0.6) is 0 Å². The number of carbonyl (C=O) groups excluding carboxylic acids is 1. The molecule has 1 saturated carbocycles. The van der Waals surface area contributed by atoms with Gasteiger partial charge >= 0.3 is 0 Å². The van der Waals surface area contributed by atoms with Gasteiger partial charge in [0.1, 0.15) is 5.78 Å². The molecule has 0 amide bonds. The Hall–Kier alpha value is -0.330. The van der Waals surface area contributed by atoms with E-state index in [1.807, 2.05) is 0 Å². The van der Waals surface area contributed by atoms with Crippen molar-refractivity contribution in [2.45, 2.75) is 46.5 Å². The first kappa shape index (κ1) is 8.76. The van der Waals surface area contributed by atoms with Gasteiger partial charge in [-0.3, -0.25) is 0 Å². The highest BCUT2D eigenvalue weighted by Crippen LogP contribution is 2.48. The first-order valence-corrected chi connectivity index (χ1v) is 4.52. The number of hydrogen-bond acceptors (Lipinski definition) is 1. The van der Waals surface area contributed by atoms with Crippen molar-refractivity contribution in [2.75, 3.05) is 0 Å². The summed E-state index contributed by atoms with van der Waals surface area (Å²) in [5.41, 5.74) is 0.523. The summed E-state index contributed by atoms with van der Waals surface area (Å²) in [7, 11) is 0. The Morgan fingerprint density at radius 3 is 2.45 bits per heavy atom. The highest BCUT2D eigenvalue weighted by atomic mass is 16.1. The van der Waals surface area contributed by atoms with Crippen molar-refractivity contribution < 1.29 is 4.79 Å². The maximum absolute atomic E-state index is 10.7. The maximum atomic E-state index is 10.7. The van der Waals surface area contributed by atoms with E-state index in [2.05, 4.69) is 13.8 Å². The molecule has 0 bridgehead atoms. The SMILES string of the molecule is CC(=O)CCC1CCC1(C)C. The number of Topliss-reactive ketones (excluding diaryl/α,β-unsaturated/α-hetero) is 1. The zero-order valence-electron chi connectivity index (χ0n) is 7.81. The molecule has 1 aliphatic carbocycles. The molecule has 1 atom stereocenters. The van der Waals surface area contributed by atoms with Crippen LogP contribution in [0.4, 0.5) is 0 Å². The zero-order valence-corrected chi connectivity index (χ0v) is 7.81. The molecule has 0 radical (unpaired) electrons. The quantitative estimate of drug-likeness (QED) is 0.611. The van der Waals surface area contributed by atoms with Crippen molar-refractivity contribution in [1.29, 1.82) is 0 Å². The summed E-state index contributed by atoms with van der Waals surface area (Å²) < 4.78 is 0. The molecule has 0 saturated heterocycles. The second-order valence-corrected chi connectivity index (χ2v) is 4.46. The normalized spacial score (nSPS) is 27.7. The predicted octanol–water partition coefficient (Wildman–Crippen LogP) is 2.79. The van der Waals surface area contributed by atoms with E-state index in [0.29, 0.717) is 11.2 Å². The van der Waals surface area contributed by atoms with E-state index >= 15 is 0 Å². The van der Waals surface area contributed by atoms with E-state index in [4.69, 9.17) is 0 Å². The first-order chi connectivity index (χ1) is 5.02. The number of hydrogen-bond donors (Lipinski definition) is 0. The molecule has 1 heteroatoms. The van der Waals surface area contributed by atoms with Crippen LogP contribution < -0.4 is 0 Å². The molecule has 1 aliphatic rings. The van der Waals surface area contributed by atoms with E-state index in [1.54, 1.807) is 6.92 Å². The zero-order chi connectivity index (χ0) is 8.48. The Morgan fingerprint density at radius 2 is 2.18 bits per heavy atom. The maximum Gasteiger partial charge on any atom is 0.129 e. The molecule has 0 heterocycles. The van der Waals surface area contributed by atoms with Crippen molar-refractivity contribution in [1.82, 2.24) is 0 Å². The third kappa shape index (κ3) is 2.05. The lowest BCUT2D eigenvalue weighted by atomic mass is 9.61. The van der Waals surface area contributed by atoms with E-state index in [9.17, 15) is 4.79 Å². The van der Waals surface area contributed by atoms with Crippen LogP contribution in [-0.4, -0.2) is 5.78 Å². The lowest BCUT2D eigenvalue weighted by Gasteiger charge is -2.44. The summed E-state index contributed by atoms with van der Waals surface area (Å²) in [6.07, 6.45) is 4.58. The summed E-state index contributed by atoms with van der Waals surface area (Å²) in [5.74, 6) is 1.15. The summed E-state index contributed by atoms with van der Waals surface area (Å²) in [6.45, 7) is 6.30. The van der Waals surface area contributed by atoms with Crippen LogP contribution in [-0.2, 0) is 4.79 Å². The van der Waals surface area contributed by atoms with Crippen LogP contribution in [0.3, 0.4) is 0 Å². The third-order valence-corrected chi connectivity index (χ3v) is 3.09. The Kier molecular flexibility index (Phi) is 2.36. The van der Waals surface area contributed by atoms with E-state index in [1.165, 1.54) is 12.8 Å². The molecule has 0 N–H and O–H groups in total. The van der Waals surface area contributed by atoms with Gasteiger partial charge in [-0.05, 0) is 37.5 Å². The second-order valence-electron chi connectivity index (χ2n) is 4.46. The van der Waals surface area contributed by atoms with Crippen LogP contribution in [0.1, 0.15) is 46.5 Å². The fourth-order valence-corrected chi connectivity index (χ4v) is 1.84. The third-order valence-electron chi connectivity index (χ3n) is 3.09. The van der Waals surface area contributed by atoms with Crippen molar-refractivity contribution in [2.24, 2.45) is 11.3 Å². The molecule has 0 spiro atoms. The highest BCUT2D eigenvalue weighted by molar-refractivity contribution is 5.75. The second kappa shape index (κ2) is 2.96. The summed E-state index contributed by atoms with van der Waals surface area (Å²) >= 11 is 0. The van der Waals surface area contributed by atoms with Crippen LogP contribution >= 0.6 is 0 Å². The molecule has 1 nitrogen and oxygen atoms in total. The molecule has 0 aromatic heterocycles. The van der Waals surface area contributed by atoms with Crippen LogP contribution in [0.2, 0.25) is 0 Å². The van der Waals surface area contributed by atoms with Gasteiger partial charge in [-0.25, -0.2) is 0 Å². The number of ketones is 1. The minimum Gasteiger partial charge on any atom is -0.300 e. The molecular weight excluding hydrogens is 136 g/mol. The van der Waals surface area contributed by atoms with E-state index < -0.39 is 0 Å². The fraction of sp³-hybridized carbons (Fsp3) is 0.900. The molecule has 64 valence electrons. The Morgan fingerprint density at radius 1 is 1.55 bits per heavy atom. The Balaban J connectivity index is 2.23. The molecule has 11 heavy (non-hydrogen) atoms. The summed E-state index contributed by atoms with van der Waals surface area (Å²) in [6, 6.07) is 0. The van der Waals surface area contributed by atoms with Crippen LogP contribution in [0.25, 0.3) is 0 Å². The smallest absolute Gasteiger partial charge is 0.129 e. The minimum absolute atomic E-state index is 0.340. The monoisotopic (exact) mass is 154 g/mol. The first-order valence-electron chi connectivity index (χ1n) is 4.52. The average molecular weight is 154 g/mol. The molecular formula is C10H18O. The molecule has 0 aromatic carbocycles. The Bertz CT molecular complexity index is 158. The lowest BCUT2D eigenvalue weighted by molar-refractivity contribution is -0.117. The average Bonchev–Trinajstić information content (AvgIpc) is 1.85. The van der Waals surface area contributed by atoms with Crippen molar-refractivity contribution >= 4 is 5.78 Å². The van der Waals surface area contributed by atoms with Gasteiger partial charge in [-0.2, -0.15) is 0 Å². The largest absolute Gasteiger partial charge is 0.300 e. The topological polar surface area (TPSA) is 17.1 Å². The van der Waals surface area contributed by atoms with Crippen LogP contribution in [0.15, 0.2) is 0 Å². The number of carbonyl (C=O) groups is 1. The van der Waals surface area contributed by atoms with Gasteiger partial charge < -0.3 is 4.79 Å². The highest BCUT2D eigenvalue weighted by Gasteiger charge is 2.37.